The molecule has 3 rings (SSSR count). The van der Waals surface area contributed by atoms with Gasteiger partial charge in [-0.1, -0.05) is 23.7 Å². The summed E-state index contributed by atoms with van der Waals surface area (Å²) in [6, 6.07) is 7.30. The third-order valence-corrected chi connectivity index (χ3v) is 7.93. The first-order chi connectivity index (χ1) is 12.8. The predicted molar refractivity (Wildman–Crippen MR) is 109 cm³/mol. The van der Waals surface area contributed by atoms with Gasteiger partial charge in [0.2, 0.25) is 10.0 Å². The number of nitrogens with zero attached hydrogens (tertiary/aromatic N) is 3. The fraction of sp³-hybridized carbons (Fsp3) is 0.444. The van der Waals surface area contributed by atoms with Gasteiger partial charge < -0.3 is 4.90 Å². The molecular formula is C18H22ClN3O3S2. The number of rotatable bonds is 5. The van der Waals surface area contributed by atoms with Crippen molar-refractivity contribution in [1.82, 2.24) is 14.2 Å². The Morgan fingerprint density at radius 3 is 2.52 bits per heavy atom. The summed E-state index contributed by atoms with van der Waals surface area (Å²) in [6.07, 6.45) is 1.27. The molecule has 0 radical (unpaired) electrons. The Morgan fingerprint density at radius 2 is 1.93 bits per heavy atom. The van der Waals surface area contributed by atoms with Crippen LogP contribution in [0.15, 0.2) is 29.6 Å². The van der Waals surface area contributed by atoms with Crippen molar-refractivity contribution >= 4 is 38.9 Å². The first kappa shape index (κ1) is 20.3. The molecule has 2 aromatic rings. The molecule has 1 aromatic heterocycles. The number of benzene rings is 1. The lowest BCUT2D eigenvalue weighted by atomic mass is 10.1. The van der Waals surface area contributed by atoms with Crippen molar-refractivity contribution in [3.8, 4) is 10.6 Å². The molecule has 1 amide bonds. The maximum atomic E-state index is 12.7. The molecule has 9 heteroatoms. The van der Waals surface area contributed by atoms with E-state index in [9.17, 15) is 13.2 Å². The first-order valence-electron chi connectivity index (χ1n) is 8.78. The van der Waals surface area contributed by atoms with Crippen molar-refractivity contribution in [3.63, 3.8) is 0 Å². The van der Waals surface area contributed by atoms with Crippen molar-refractivity contribution in [2.75, 3.05) is 25.9 Å². The van der Waals surface area contributed by atoms with Gasteiger partial charge in [-0.05, 0) is 31.9 Å². The van der Waals surface area contributed by atoms with Crippen molar-refractivity contribution in [1.29, 1.82) is 0 Å². The van der Waals surface area contributed by atoms with E-state index >= 15 is 0 Å². The van der Waals surface area contributed by atoms with E-state index in [0.29, 0.717) is 36.6 Å². The highest BCUT2D eigenvalue weighted by molar-refractivity contribution is 7.89. The number of likely N-dealkylation sites (tertiary alicyclic amines) is 1. The predicted octanol–water partition coefficient (Wildman–Crippen LogP) is 3.35. The van der Waals surface area contributed by atoms with Crippen LogP contribution in [0, 0.1) is 0 Å². The van der Waals surface area contributed by atoms with Crippen LogP contribution in [0.1, 0.15) is 30.3 Å². The van der Waals surface area contributed by atoms with E-state index in [1.807, 2.05) is 12.1 Å². The van der Waals surface area contributed by atoms with E-state index in [4.69, 9.17) is 11.6 Å². The Labute approximate surface area is 168 Å². The summed E-state index contributed by atoms with van der Waals surface area (Å²) in [4.78, 5) is 19.0. The summed E-state index contributed by atoms with van der Waals surface area (Å²) in [5.74, 6) is -0.0134. The van der Waals surface area contributed by atoms with E-state index in [0.717, 1.165) is 10.6 Å². The van der Waals surface area contributed by atoms with E-state index in [1.54, 1.807) is 36.4 Å². The molecule has 27 heavy (non-hydrogen) atoms. The van der Waals surface area contributed by atoms with Gasteiger partial charge in [0.15, 0.2) is 0 Å². The van der Waals surface area contributed by atoms with E-state index in [2.05, 4.69) is 4.98 Å². The zero-order chi connectivity index (χ0) is 19.6. The van der Waals surface area contributed by atoms with E-state index in [1.165, 1.54) is 15.6 Å². The van der Waals surface area contributed by atoms with Gasteiger partial charge in [0.05, 0.1) is 5.75 Å². The van der Waals surface area contributed by atoms with Crippen LogP contribution in [-0.2, 0) is 10.0 Å². The van der Waals surface area contributed by atoms with Crippen LogP contribution >= 0.6 is 22.9 Å². The molecule has 0 N–H and O–H groups in total. The lowest BCUT2D eigenvalue weighted by molar-refractivity contribution is 0.0681. The molecule has 0 unspecified atom stereocenters. The van der Waals surface area contributed by atoms with Crippen LogP contribution < -0.4 is 0 Å². The number of thiazole rings is 1. The topological polar surface area (TPSA) is 70.6 Å². The second kappa shape index (κ2) is 8.26. The number of hydrogen-bond donors (Lipinski definition) is 0. The molecule has 0 bridgehead atoms. The Balaban J connectivity index is 1.64. The Kier molecular flexibility index (Phi) is 6.20. The van der Waals surface area contributed by atoms with Crippen LogP contribution in [0.3, 0.4) is 0 Å². The molecule has 146 valence electrons. The lowest BCUT2D eigenvalue weighted by Gasteiger charge is -2.35. The number of carbonyl (C=O) groups is 1. The second-order valence-corrected chi connectivity index (χ2v) is 10.1. The lowest BCUT2D eigenvalue weighted by Crippen LogP contribution is -2.47. The number of piperidine rings is 1. The maximum absolute atomic E-state index is 12.7. The molecule has 1 aliphatic heterocycles. The number of halogens is 1. The largest absolute Gasteiger partial charge is 0.337 e. The van der Waals surface area contributed by atoms with E-state index < -0.39 is 10.0 Å². The molecule has 1 saturated heterocycles. The van der Waals surface area contributed by atoms with Gasteiger partial charge in [-0.3, -0.25) is 4.79 Å². The van der Waals surface area contributed by atoms with Crippen LogP contribution in [-0.4, -0.2) is 60.4 Å². The van der Waals surface area contributed by atoms with Crippen molar-refractivity contribution in [2.45, 2.75) is 25.8 Å². The fourth-order valence-corrected chi connectivity index (χ4v) is 5.12. The monoisotopic (exact) mass is 427 g/mol. The number of hydrogen-bond acceptors (Lipinski definition) is 5. The molecule has 1 aliphatic rings. The zero-order valence-electron chi connectivity index (χ0n) is 15.3. The molecule has 6 nitrogen and oxygen atoms in total. The number of sulfonamides is 1. The fourth-order valence-electron chi connectivity index (χ4n) is 3.12. The van der Waals surface area contributed by atoms with Gasteiger partial charge in [0.1, 0.15) is 10.7 Å². The Hall–Kier alpha value is -1.48. The number of aromatic nitrogens is 1. The van der Waals surface area contributed by atoms with Crippen LogP contribution in [0.2, 0.25) is 5.02 Å². The Bertz CT molecular complexity index is 904. The quantitative estimate of drug-likeness (QED) is 0.733. The summed E-state index contributed by atoms with van der Waals surface area (Å²) in [7, 11) is -1.58. The van der Waals surface area contributed by atoms with Gasteiger partial charge in [-0.25, -0.2) is 17.7 Å². The second-order valence-electron chi connectivity index (χ2n) is 6.48. The standard InChI is InChI=1S/C18H22ClN3O3S2/c1-3-27(24,25)21(2)15-8-10-22(11-9-15)18(23)16-12-26-17(20-16)13-4-6-14(19)7-5-13/h4-7,12,15H,3,8-11H2,1-2H3. The summed E-state index contributed by atoms with van der Waals surface area (Å²) >= 11 is 7.33. The average molecular weight is 428 g/mol. The van der Waals surface area contributed by atoms with Gasteiger partial charge in [-0.15, -0.1) is 11.3 Å². The molecular weight excluding hydrogens is 406 g/mol. The van der Waals surface area contributed by atoms with Crippen molar-refractivity contribution in [2.24, 2.45) is 0 Å². The minimum Gasteiger partial charge on any atom is -0.337 e. The van der Waals surface area contributed by atoms with Gasteiger partial charge in [0.25, 0.3) is 5.91 Å². The average Bonchev–Trinajstić information content (AvgIpc) is 3.17. The van der Waals surface area contributed by atoms with Crippen molar-refractivity contribution < 1.29 is 13.2 Å². The Morgan fingerprint density at radius 1 is 1.30 bits per heavy atom. The first-order valence-corrected chi connectivity index (χ1v) is 11.6. The van der Waals surface area contributed by atoms with Crippen molar-refractivity contribution in [3.05, 3.63) is 40.4 Å². The molecule has 0 aliphatic carbocycles. The zero-order valence-corrected chi connectivity index (χ0v) is 17.6. The summed E-state index contributed by atoms with van der Waals surface area (Å²) < 4.78 is 25.5. The molecule has 1 fully saturated rings. The summed E-state index contributed by atoms with van der Waals surface area (Å²) in [6.45, 7) is 2.70. The normalized spacial score (nSPS) is 16.1. The van der Waals surface area contributed by atoms with Gasteiger partial charge in [0, 0.05) is 42.1 Å². The highest BCUT2D eigenvalue weighted by Crippen LogP contribution is 2.26. The van der Waals surface area contributed by atoms with Crippen LogP contribution in [0.25, 0.3) is 10.6 Å². The van der Waals surface area contributed by atoms with E-state index in [-0.39, 0.29) is 17.7 Å². The third kappa shape index (κ3) is 4.51. The number of amides is 1. The number of carbonyl (C=O) groups excluding carboxylic acids is 1. The highest BCUT2D eigenvalue weighted by Gasteiger charge is 2.31. The highest BCUT2D eigenvalue weighted by atomic mass is 35.5. The summed E-state index contributed by atoms with van der Waals surface area (Å²) in [5, 5.41) is 3.20. The minimum absolute atomic E-state index is 0.0564. The van der Waals surface area contributed by atoms with Crippen LogP contribution in [0.5, 0.6) is 0 Å². The summed E-state index contributed by atoms with van der Waals surface area (Å²) in [5.41, 5.74) is 1.35. The smallest absolute Gasteiger partial charge is 0.273 e. The van der Waals surface area contributed by atoms with Gasteiger partial charge in [-0.2, -0.15) is 0 Å². The molecule has 0 saturated carbocycles. The molecule has 1 aromatic carbocycles. The third-order valence-electron chi connectivity index (χ3n) is 4.88. The van der Waals surface area contributed by atoms with Gasteiger partial charge >= 0.3 is 0 Å². The molecule has 2 heterocycles. The molecule has 0 atom stereocenters. The van der Waals surface area contributed by atoms with Crippen LogP contribution in [0.4, 0.5) is 0 Å². The minimum atomic E-state index is -3.21. The SMILES string of the molecule is CCS(=O)(=O)N(C)C1CCN(C(=O)c2csc(-c3ccc(Cl)cc3)n2)CC1. The maximum Gasteiger partial charge on any atom is 0.273 e. The molecule has 0 spiro atoms.